The SMILES string of the molecule is CNS(=O)(=O)CC1CCC(N(C)c2ncnc3c2ccn3C(=O)C(c2ccccc2)N(C(=O)O)C(C)(C)C)CC1. The maximum atomic E-state index is 14.1. The number of benzene rings is 1. The highest BCUT2D eigenvalue weighted by Crippen LogP contribution is 2.34. The molecule has 1 unspecified atom stereocenters. The molecule has 4 rings (SSSR count). The summed E-state index contributed by atoms with van der Waals surface area (Å²) < 4.78 is 27.8. The van der Waals surface area contributed by atoms with Crippen LogP contribution in [0.25, 0.3) is 11.0 Å². The summed E-state index contributed by atoms with van der Waals surface area (Å²) in [6.45, 7) is 5.28. The number of hydrogen-bond donors (Lipinski definition) is 2. The van der Waals surface area contributed by atoms with Crippen LogP contribution in [-0.2, 0) is 10.0 Å². The van der Waals surface area contributed by atoms with Gasteiger partial charge in [0.1, 0.15) is 18.2 Å². The van der Waals surface area contributed by atoms with Gasteiger partial charge in [-0.2, -0.15) is 0 Å². The van der Waals surface area contributed by atoms with Gasteiger partial charge < -0.3 is 10.0 Å². The zero-order valence-corrected chi connectivity index (χ0v) is 24.4. The van der Waals surface area contributed by atoms with E-state index in [9.17, 15) is 23.1 Å². The van der Waals surface area contributed by atoms with Gasteiger partial charge in [0.15, 0.2) is 5.65 Å². The van der Waals surface area contributed by atoms with E-state index >= 15 is 0 Å². The first-order valence-corrected chi connectivity index (χ1v) is 15.1. The van der Waals surface area contributed by atoms with Crippen molar-refractivity contribution in [2.24, 2.45) is 5.92 Å². The molecule has 12 heteroatoms. The lowest BCUT2D eigenvalue weighted by Crippen LogP contribution is -2.50. The van der Waals surface area contributed by atoms with Crippen LogP contribution in [0.4, 0.5) is 10.6 Å². The average molecular weight is 571 g/mol. The Hall–Kier alpha value is -3.51. The van der Waals surface area contributed by atoms with E-state index in [2.05, 4.69) is 19.6 Å². The van der Waals surface area contributed by atoms with E-state index in [1.807, 2.05) is 13.1 Å². The lowest BCUT2D eigenvalue weighted by molar-refractivity contribution is 0.0489. The first-order valence-electron chi connectivity index (χ1n) is 13.4. The molecule has 11 nitrogen and oxygen atoms in total. The largest absolute Gasteiger partial charge is 0.465 e. The van der Waals surface area contributed by atoms with Crippen LogP contribution in [0, 0.1) is 5.92 Å². The van der Waals surface area contributed by atoms with Crippen molar-refractivity contribution in [3.05, 3.63) is 54.5 Å². The topological polar surface area (TPSA) is 138 Å². The number of rotatable bonds is 8. The molecular weight excluding hydrogens is 532 g/mol. The molecule has 0 radical (unpaired) electrons. The fraction of sp³-hybridized carbons (Fsp3) is 0.500. The van der Waals surface area contributed by atoms with Crippen molar-refractivity contribution in [2.45, 2.75) is 64.1 Å². The van der Waals surface area contributed by atoms with E-state index in [1.54, 1.807) is 57.3 Å². The molecule has 1 aliphatic carbocycles. The third-order valence-corrected chi connectivity index (χ3v) is 9.23. The molecule has 3 aromatic rings. The van der Waals surface area contributed by atoms with E-state index in [4.69, 9.17) is 0 Å². The minimum Gasteiger partial charge on any atom is -0.465 e. The maximum Gasteiger partial charge on any atom is 0.408 e. The van der Waals surface area contributed by atoms with Crippen LogP contribution in [-0.4, -0.2) is 76.4 Å². The number of carbonyl (C=O) groups excluding carboxylic acids is 1. The van der Waals surface area contributed by atoms with Crippen LogP contribution >= 0.6 is 0 Å². The van der Waals surface area contributed by atoms with Gasteiger partial charge in [0, 0.05) is 24.8 Å². The molecule has 1 fully saturated rings. The summed E-state index contributed by atoms with van der Waals surface area (Å²) in [5, 5.41) is 10.8. The number of hydrogen-bond acceptors (Lipinski definition) is 7. The third-order valence-electron chi connectivity index (χ3n) is 7.70. The van der Waals surface area contributed by atoms with Crippen LogP contribution in [0.5, 0.6) is 0 Å². The molecule has 0 spiro atoms. The summed E-state index contributed by atoms with van der Waals surface area (Å²) in [7, 11) is 0.143. The number of sulfonamides is 1. The molecule has 1 saturated carbocycles. The van der Waals surface area contributed by atoms with Crippen LogP contribution < -0.4 is 9.62 Å². The van der Waals surface area contributed by atoms with Gasteiger partial charge >= 0.3 is 6.09 Å². The predicted octanol–water partition coefficient (Wildman–Crippen LogP) is 4.14. The summed E-state index contributed by atoms with van der Waals surface area (Å²) in [5.41, 5.74) is 0.113. The van der Waals surface area contributed by atoms with Gasteiger partial charge in [-0.1, -0.05) is 30.3 Å². The fourth-order valence-electron chi connectivity index (χ4n) is 5.62. The summed E-state index contributed by atoms with van der Waals surface area (Å²) in [5.74, 6) is 0.482. The van der Waals surface area contributed by atoms with E-state index < -0.39 is 33.6 Å². The number of amides is 1. The lowest BCUT2D eigenvalue weighted by atomic mass is 9.86. The second kappa shape index (κ2) is 11.5. The number of carbonyl (C=O) groups is 2. The minimum atomic E-state index is -3.25. The Morgan fingerprint density at radius 1 is 1.10 bits per heavy atom. The van der Waals surface area contributed by atoms with Crippen LogP contribution in [0.3, 0.4) is 0 Å². The van der Waals surface area contributed by atoms with Crippen molar-refractivity contribution in [1.29, 1.82) is 0 Å². The second-order valence-electron chi connectivity index (χ2n) is 11.4. The van der Waals surface area contributed by atoms with E-state index in [1.165, 1.54) is 22.8 Å². The van der Waals surface area contributed by atoms with Gasteiger partial charge in [0.2, 0.25) is 10.0 Å². The highest BCUT2D eigenvalue weighted by atomic mass is 32.2. The monoisotopic (exact) mass is 570 g/mol. The average Bonchev–Trinajstić information content (AvgIpc) is 3.35. The number of nitrogens with zero attached hydrogens (tertiary/aromatic N) is 5. The highest BCUT2D eigenvalue weighted by molar-refractivity contribution is 7.89. The molecular formula is C28H38N6O5S. The summed E-state index contributed by atoms with van der Waals surface area (Å²) in [4.78, 5) is 38.7. The minimum absolute atomic E-state index is 0.112. The lowest BCUT2D eigenvalue weighted by Gasteiger charge is -2.39. The molecule has 1 aliphatic rings. The number of carboxylic acid groups (broad SMARTS) is 1. The summed E-state index contributed by atoms with van der Waals surface area (Å²) >= 11 is 0. The third kappa shape index (κ3) is 6.12. The summed E-state index contributed by atoms with van der Waals surface area (Å²) in [6.07, 6.45) is 5.07. The molecule has 2 aromatic heterocycles. The zero-order chi connectivity index (χ0) is 29.2. The number of anilines is 1. The molecule has 0 bridgehead atoms. The van der Waals surface area contributed by atoms with Gasteiger partial charge in [0.05, 0.1) is 11.1 Å². The second-order valence-corrected chi connectivity index (χ2v) is 13.3. The van der Waals surface area contributed by atoms with Crippen molar-refractivity contribution in [1.82, 2.24) is 24.2 Å². The normalized spacial score (nSPS) is 18.8. The molecule has 1 amide bonds. The van der Waals surface area contributed by atoms with Gasteiger partial charge in [-0.25, -0.2) is 27.9 Å². The number of aromatic nitrogens is 3. The van der Waals surface area contributed by atoms with Crippen LogP contribution in [0.2, 0.25) is 0 Å². The van der Waals surface area contributed by atoms with Crippen LogP contribution in [0.15, 0.2) is 48.9 Å². The predicted molar refractivity (Wildman–Crippen MR) is 154 cm³/mol. The Labute approximate surface area is 235 Å². The van der Waals surface area contributed by atoms with E-state index in [0.717, 1.165) is 25.7 Å². The molecule has 0 saturated heterocycles. The highest BCUT2D eigenvalue weighted by Gasteiger charge is 2.40. The van der Waals surface area contributed by atoms with Crippen molar-refractivity contribution >= 4 is 38.9 Å². The first kappa shape index (κ1) is 29.5. The summed E-state index contributed by atoms with van der Waals surface area (Å²) in [6, 6.07) is 9.74. The van der Waals surface area contributed by atoms with Crippen molar-refractivity contribution in [3.63, 3.8) is 0 Å². The molecule has 40 heavy (non-hydrogen) atoms. The smallest absolute Gasteiger partial charge is 0.408 e. The zero-order valence-electron chi connectivity index (χ0n) is 23.6. The first-order chi connectivity index (χ1) is 18.8. The molecule has 216 valence electrons. The molecule has 0 aliphatic heterocycles. The van der Waals surface area contributed by atoms with Gasteiger partial charge in [-0.3, -0.25) is 14.3 Å². The van der Waals surface area contributed by atoms with Gasteiger partial charge in [-0.15, -0.1) is 0 Å². The Morgan fingerprint density at radius 2 is 1.75 bits per heavy atom. The van der Waals surface area contributed by atoms with Crippen molar-refractivity contribution < 1.29 is 23.1 Å². The van der Waals surface area contributed by atoms with Crippen LogP contribution in [0.1, 0.15) is 62.9 Å². The fourth-order valence-corrected chi connectivity index (χ4v) is 6.74. The van der Waals surface area contributed by atoms with E-state index in [0.29, 0.717) is 22.4 Å². The Bertz CT molecular complexity index is 1460. The van der Waals surface area contributed by atoms with Crippen molar-refractivity contribution in [3.8, 4) is 0 Å². The Balaban J connectivity index is 1.65. The Morgan fingerprint density at radius 3 is 2.33 bits per heavy atom. The van der Waals surface area contributed by atoms with Gasteiger partial charge in [-0.05, 0) is 71.0 Å². The molecule has 1 aromatic carbocycles. The quantitative estimate of drug-likeness (QED) is 0.412. The van der Waals surface area contributed by atoms with Crippen molar-refractivity contribution in [2.75, 3.05) is 24.7 Å². The van der Waals surface area contributed by atoms with Gasteiger partial charge in [0.25, 0.3) is 5.91 Å². The van der Waals surface area contributed by atoms with E-state index in [-0.39, 0.29) is 17.7 Å². The molecule has 2 heterocycles. The number of fused-ring (bicyclic) bond motifs is 1. The Kier molecular flexibility index (Phi) is 8.50. The number of nitrogens with one attached hydrogen (secondary N) is 1. The molecule has 2 N–H and O–H groups in total. The standard InChI is InChI=1S/C28H38N6O5S/c1-28(2,3)34(27(36)37)23(20-9-7-6-8-10-20)26(35)33-16-15-22-24(30-18-31-25(22)33)32(5)21-13-11-19(12-14-21)17-40(38,39)29-4/h6-10,15-16,18-19,21,23,29H,11-14,17H2,1-5H3,(H,36,37). The maximum absolute atomic E-state index is 14.1. The molecule has 1 atom stereocenters.